The van der Waals surface area contributed by atoms with Gasteiger partial charge in [-0.2, -0.15) is 0 Å². The minimum Gasteiger partial charge on any atom is -0.327 e. The van der Waals surface area contributed by atoms with E-state index in [2.05, 4.69) is 0 Å². The second-order valence-electron chi connectivity index (χ2n) is 6.19. The molecule has 1 saturated carbocycles. The third-order valence-corrected chi connectivity index (χ3v) is 5.04. The molecule has 4 rings (SSSR count). The third-order valence-electron chi connectivity index (χ3n) is 5.04. The van der Waals surface area contributed by atoms with Crippen LogP contribution in [0.5, 0.6) is 0 Å². The maximum atomic E-state index is 12.7. The molecule has 3 atom stereocenters. The van der Waals surface area contributed by atoms with Gasteiger partial charge in [-0.25, -0.2) is 0 Å². The summed E-state index contributed by atoms with van der Waals surface area (Å²) in [7, 11) is 1.58. The first-order valence-electron chi connectivity index (χ1n) is 7.80. The minimum atomic E-state index is -1.20. The molecule has 3 aliphatic rings. The van der Waals surface area contributed by atoms with Crippen molar-refractivity contribution in [1.82, 2.24) is 0 Å². The largest absolute Gasteiger partial charge is 0.327 e. The van der Waals surface area contributed by atoms with Crippen LogP contribution in [0.3, 0.4) is 0 Å². The van der Waals surface area contributed by atoms with Gasteiger partial charge in [0, 0.05) is 12.7 Å². The van der Waals surface area contributed by atoms with E-state index in [-0.39, 0.29) is 11.9 Å². The number of ether oxygens (including phenoxy) is 3. The van der Waals surface area contributed by atoms with Gasteiger partial charge in [0.2, 0.25) is 0 Å². The molecule has 4 heteroatoms. The average molecular weight is 288 g/mol. The first kappa shape index (κ1) is 13.4. The Bertz CT molecular complexity index is 564. The summed E-state index contributed by atoms with van der Waals surface area (Å²) >= 11 is 0. The molecule has 1 aliphatic carbocycles. The summed E-state index contributed by atoms with van der Waals surface area (Å²) in [6.07, 6.45) is 5.19. The molecule has 1 aromatic carbocycles. The van der Waals surface area contributed by atoms with Crippen LogP contribution < -0.4 is 0 Å². The Morgan fingerprint density at radius 2 is 1.90 bits per heavy atom. The van der Waals surface area contributed by atoms with Crippen LogP contribution in [-0.4, -0.2) is 25.1 Å². The molecular weight excluding hydrogens is 268 g/mol. The Labute approximate surface area is 124 Å². The fourth-order valence-electron chi connectivity index (χ4n) is 3.96. The fourth-order valence-corrected chi connectivity index (χ4v) is 3.96. The number of hydrogen-bond acceptors (Lipinski definition) is 4. The van der Waals surface area contributed by atoms with E-state index >= 15 is 0 Å². The molecule has 0 unspecified atom stereocenters. The quantitative estimate of drug-likeness (QED) is 0.839. The highest BCUT2D eigenvalue weighted by Gasteiger charge is 2.59. The molecule has 4 nitrogen and oxygen atoms in total. The molecule has 1 aromatic rings. The van der Waals surface area contributed by atoms with Crippen molar-refractivity contribution >= 4 is 5.78 Å². The maximum Gasteiger partial charge on any atom is 0.313 e. The first-order chi connectivity index (χ1) is 10.2. The van der Waals surface area contributed by atoms with E-state index in [1.165, 1.54) is 19.3 Å². The van der Waals surface area contributed by atoms with E-state index in [0.29, 0.717) is 17.0 Å². The van der Waals surface area contributed by atoms with Crippen molar-refractivity contribution in [1.29, 1.82) is 0 Å². The molecule has 2 fully saturated rings. The molecule has 0 spiro atoms. The molecule has 2 bridgehead atoms. The molecule has 2 aliphatic heterocycles. The number of hydrogen-bond donors (Lipinski definition) is 0. The number of ketones is 1. The second kappa shape index (κ2) is 4.90. The summed E-state index contributed by atoms with van der Waals surface area (Å²) in [6.45, 7) is 0. The molecule has 1 saturated heterocycles. The van der Waals surface area contributed by atoms with Gasteiger partial charge in [-0.1, -0.05) is 43.5 Å². The molecule has 112 valence electrons. The van der Waals surface area contributed by atoms with E-state index in [1.807, 2.05) is 24.3 Å². The van der Waals surface area contributed by atoms with Crippen molar-refractivity contribution in [3.8, 4) is 0 Å². The normalized spacial score (nSPS) is 35.8. The van der Waals surface area contributed by atoms with E-state index in [9.17, 15) is 4.79 Å². The van der Waals surface area contributed by atoms with Gasteiger partial charge < -0.3 is 14.2 Å². The third kappa shape index (κ3) is 1.90. The summed E-state index contributed by atoms with van der Waals surface area (Å²) in [5, 5.41) is 0. The minimum absolute atomic E-state index is 0.0337. The first-order valence-corrected chi connectivity index (χ1v) is 7.80. The average Bonchev–Trinajstić information content (AvgIpc) is 2.92. The monoisotopic (exact) mass is 288 g/mol. The Morgan fingerprint density at radius 3 is 2.67 bits per heavy atom. The number of fused-ring (bicyclic) bond motifs is 4. The van der Waals surface area contributed by atoms with Crippen molar-refractivity contribution in [2.45, 2.75) is 50.3 Å². The van der Waals surface area contributed by atoms with Gasteiger partial charge in [-0.3, -0.25) is 4.79 Å². The molecule has 0 N–H and O–H groups in total. The number of rotatable bonds is 2. The zero-order valence-electron chi connectivity index (χ0n) is 12.2. The van der Waals surface area contributed by atoms with Gasteiger partial charge >= 0.3 is 5.97 Å². The zero-order chi connectivity index (χ0) is 14.4. The van der Waals surface area contributed by atoms with Crippen LogP contribution in [0, 0.1) is 5.92 Å². The zero-order valence-corrected chi connectivity index (χ0v) is 12.2. The molecule has 0 aromatic heterocycles. The number of methoxy groups -OCH3 is 1. The van der Waals surface area contributed by atoms with Crippen LogP contribution in [0.2, 0.25) is 0 Å². The fraction of sp³-hybridized carbons (Fsp3) is 0.588. The number of benzene rings is 1. The topological polar surface area (TPSA) is 44.8 Å². The van der Waals surface area contributed by atoms with Gasteiger partial charge in [0.05, 0.1) is 5.56 Å². The Kier molecular flexibility index (Phi) is 3.14. The predicted molar refractivity (Wildman–Crippen MR) is 75.8 cm³/mol. The Hall–Kier alpha value is -1.23. The van der Waals surface area contributed by atoms with Gasteiger partial charge in [-0.05, 0) is 18.8 Å². The summed E-state index contributed by atoms with van der Waals surface area (Å²) < 4.78 is 17.7. The molecule has 0 radical (unpaired) electrons. The van der Waals surface area contributed by atoms with Gasteiger partial charge in [-0.15, -0.1) is 0 Å². The lowest BCUT2D eigenvalue weighted by atomic mass is 9.81. The highest BCUT2D eigenvalue weighted by atomic mass is 16.9. The van der Waals surface area contributed by atoms with E-state index in [1.54, 1.807) is 7.11 Å². The van der Waals surface area contributed by atoms with Crippen LogP contribution in [0.15, 0.2) is 24.3 Å². The summed E-state index contributed by atoms with van der Waals surface area (Å²) in [5.41, 5.74) is 1.38. The lowest BCUT2D eigenvalue weighted by molar-refractivity contribution is -0.345. The summed E-state index contributed by atoms with van der Waals surface area (Å²) in [4.78, 5) is 12.7. The SMILES string of the molecule is CO[C@]12O[C@H](C(=O)c3ccccc31)[C@H](C1CCCCC1)O2. The van der Waals surface area contributed by atoms with Crippen LogP contribution in [-0.2, 0) is 20.2 Å². The standard InChI is InChI=1S/C17H20O4/c1-19-17-13-10-6-5-9-12(13)14(18)16(21-17)15(20-17)11-7-3-2-4-8-11/h5-6,9-11,15-16H,2-4,7-8H2,1H3/t15-,16+,17+/m0/s1. The molecular formula is C17H20O4. The van der Waals surface area contributed by atoms with Crippen molar-refractivity contribution in [2.24, 2.45) is 5.92 Å². The van der Waals surface area contributed by atoms with Gasteiger partial charge in [0.1, 0.15) is 6.10 Å². The van der Waals surface area contributed by atoms with Crippen molar-refractivity contribution < 1.29 is 19.0 Å². The molecule has 21 heavy (non-hydrogen) atoms. The summed E-state index contributed by atoms with van der Waals surface area (Å²) in [5.74, 6) is -0.775. The van der Waals surface area contributed by atoms with Gasteiger partial charge in [0.15, 0.2) is 11.9 Å². The highest BCUT2D eigenvalue weighted by molar-refractivity contribution is 6.02. The number of carbonyl (C=O) groups excluding carboxylic acids is 1. The smallest absolute Gasteiger partial charge is 0.313 e. The van der Waals surface area contributed by atoms with Gasteiger partial charge in [0.25, 0.3) is 0 Å². The lowest BCUT2D eigenvalue weighted by Gasteiger charge is -2.30. The van der Waals surface area contributed by atoms with Crippen LogP contribution in [0.1, 0.15) is 48.0 Å². The van der Waals surface area contributed by atoms with Crippen molar-refractivity contribution in [2.75, 3.05) is 7.11 Å². The number of Topliss-reactive ketones (excluding diaryl/α,β-unsaturated/α-hetero) is 1. The molecule has 0 amide bonds. The van der Waals surface area contributed by atoms with Crippen molar-refractivity contribution in [3.05, 3.63) is 35.4 Å². The predicted octanol–water partition coefficient (Wildman–Crippen LogP) is 3.00. The van der Waals surface area contributed by atoms with Crippen LogP contribution in [0.25, 0.3) is 0 Å². The van der Waals surface area contributed by atoms with E-state index < -0.39 is 12.1 Å². The highest BCUT2D eigenvalue weighted by Crippen LogP contribution is 2.48. The Morgan fingerprint density at radius 1 is 1.14 bits per heavy atom. The van der Waals surface area contributed by atoms with E-state index in [0.717, 1.165) is 12.8 Å². The summed E-state index contributed by atoms with van der Waals surface area (Å²) in [6, 6.07) is 7.46. The van der Waals surface area contributed by atoms with Crippen LogP contribution in [0.4, 0.5) is 0 Å². The maximum absolute atomic E-state index is 12.7. The van der Waals surface area contributed by atoms with E-state index in [4.69, 9.17) is 14.2 Å². The lowest BCUT2D eigenvalue weighted by Crippen LogP contribution is -2.40. The number of carbonyl (C=O) groups is 1. The Balaban J connectivity index is 1.74. The molecule has 2 heterocycles. The van der Waals surface area contributed by atoms with Crippen LogP contribution >= 0.6 is 0 Å². The second-order valence-corrected chi connectivity index (χ2v) is 6.19. The van der Waals surface area contributed by atoms with Crippen molar-refractivity contribution in [3.63, 3.8) is 0 Å².